The number of nitrogen functional groups attached to an aromatic ring is 1. The third-order valence-corrected chi connectivity index (χ3v) is 4.29. The number of aliphatic carboxylic acids is 1. The molecule has 1 aromatic rings. The van der Waals surface area contributed by atoms with Crippen LogP contribution in [0.4, 0.5) is 5.69 Å². The van der Waals surface area contributed by atoms with Gasteiger partial charge in [0.1, 0.15) is 0 Å². The minimum atomic E-state index is -0.701. The van der Waals surface area contributed by atoms with Crippen molar-refractivity contribution in [3.05, 3.63) is 29.3 Å². The largest absolute Gasteiger partial charge is 0.481 e. The Labute approximate surface area is 124 Å². The molecule has 1 aliphatic carbocycles. The molecular formula is C16H22N2O3. The average Bonchev–Trinajstić information content (AvgIpc) is 2.48. The van der Waals surface area contributed by atoms with Crippen molar-refractivity contribution in [1.29, 1.82) is 0 Å². The predicted molar refractivity (Wildman–Crippen MR) is 81.0 cm³/mol. The molecule has 0 saturated heterocycles. The number of carbonyl (C=O) groups is 2. The van der Waals surface area contributed by atoms with Gasteiger partial charge in [0.2, 0.25) is 0 Å². The van der Waals surface area contributed by atoms with E-state index in [1.54, 1.807) is 12.1 Å². The van der Waals surface area contributed by atoms with Crippen LogP contribution in [0, 0.1) is 18.8 Å². The summed E-state index contributed by atoms with van der Waals surface area (Å²) in [7, 11) is 0. The standard InChI is InChI=1S/C16H22N2O3/c1-10-2-5-13(8-14(10)17)15(19)18-9-11-3-6-12(7-4-11)16(20)21/h2,5,8,11-12H,3-4,6-7,9,17H2,1H3,(H,18,19)(H,20,21). The molecule has 114 valence electrons. The van der Waals surface area contributed by atoms with Gasteiger partial charge in [0.05, 0.1) is 5.92 Å². The van der Waals surface area contributed by atoms with Crippen LogP contribution in [-0.2, 0) is 4.79 Å². The second-order valence-corrected chi connectivity index (χ2v) is 5.84. The Kier molecular flexibility index (Phi) is 4.83. The summed E-state index contributed by atoms with van der Waals surface area (Å²) in [6.07, 6.45) is 3.11. The molecule has 5 heteroatoms. The van der Waals surface area contributed by atoms with E-state index in [0.717, 1.165) is 18.4 Å². The van der Waals surface area contributed by atoms with Crippen molar-refractivity contribution in [3.63, 3.8) is 0 Å². The lowest BCUT2D eigenvalue weighted by Gasteiger charge is -2.26. The number of amides is 1. The second kappa shape index (κ2) is 6.61. The third kappa shape index (κ3) is 3.97. The van der Waals surface area contributed by atoms with Crippen molar-refractivity contribution in [3.8, 4) is 0 Å². The number of hydrogen-bond acceptors (Lipinski definition) is 3. The molecule has 0 aromatic heterocycles. The number of nitrogens with one attached hydrogen (secondary N) is 1. The molecule has 1 fully saturated rings. The lowest BCUT2D eigenvalue weighted by molar-refractivity contribution is -0.143. The van der Waals surface area contributed by atoms with Gasteiger partial charge in [-0.2, -0.15) is 0 Å². The van der Waals surface area contributed by atoms with Crippen molar-refractivity contribution in [2.45, 2.75) is 32.6 Å². The highest BCUT2D eigenvalue weighted by Gasteiger charge is 2.26. The van der Waals surface area contributed by atoms with Crippen LogP contribution in [0.5, 0.6) is 0 Å². The fourth-order valence-electron chi connectivity index (χ4n) is 2.73. The minimum Gasteiger partial charge on any atom is -0.481 e. The molecule has 2 rings (SSSR count). The fourth-order valence-corrected chi connectivity index (χ4v) is 2.73. The number of benzene rings is 1. The van der Waals surface area contributed by atoms with Crippen LogP contribution in [0.1, 0.15) is 41.6 Å². The van der Waals surface area contributed by atoms with Crippen LogP contribution in [0.25, 0.3) is 0 Å². The molecule has 0 radical (unpaired) electrons. The van der Waals surface area contributed by atoms with Crippen LogP contribution in [0.2, 0.25) is 0 Å². The Hall–Kier alpha value is -2.04. The molecule has 5 nitrogen and oxygen atoms in total. The summed E-state index contributed by atoms with van der Waals surface area (Å²) in [4.78, 5) is 23.0. The van der Waals surface area contributed by atoms with E-state index in [1.165, 1.54) is 0 Å². The summed E-state index contributed by atoms with van der Waals surface area (Å²) in [6.45, 7) is 2.50. The van der Waals surface area contributed by atoms with Gasteiger partial charge in [-0.05, 0) is 56.2 Å². The van der Waals surface area contributed by atoms with Crippen LogP contribution in [0.15, 0.2) is 18.2 Å². The van der Waals surface area contributed by atoms with Gasteiger partial charge in [-0.25, -0.2) is 0 Å². The SMILES string of the molecule is Cc1ccc(C(=O)NCC2CCC(C(=O)O)CC2)cc1N. The first-order valence-corrected chi connectivity index (χ1v) is 7.34. The number of hydrogen-bond donors (Lipinski definition) is 3. The summed E-state index contributed by atoms with van der Waals surface area (Å²) in [5.74, 6) is -0.670. The first kappa shape index (κ1) is 15.4. The highest BCUT2D eigenvalue weighted by molar-refractivity contribution is 5.95. The van der Waals surface area contributed by atoms with Crippen molar-refractivity contribution >= 4 is 17.6 Å². The van der Waals surface area contributed by atoms with Crippen molar-refractivity contribution < 1.29 is 14.7 Å². The van der Waals surface area contributed by atoms with Gasteiger partial charge in [0, 0.05) is 17.8 Å². The quantitative estimate of drug-likeness (QED) is 0.741. The molecule has 1 aromatic carbocycles. The molecule has 21 heavy (non-hydrogen) atoms. The summed E-state index contributed by atoms with van der Waals surface area (Å²) >= 11 is 0. The van der Waals surface area contributed by atoms with Gasteiger partial charge in [-0.3, -0.25) is 9.59 Å². The van der Waals surface area contributed by atoms with Gasteiger partial charge in [0.25, 0.3) is 5.91 Å². The van der Waals surface area contributed by atoms with Crippen LogP contribution in [0.3, 0.4) is 0 Å². The number of carboxylic acid groups (broad SMARTS) is 1. The molecule has 1 amide bonds. The molecule has 0 atom stereocenters. The van der Waals surface area contributed by atoms with E-state index in [1.807, 2.05) is 13.0 Å². The maximum absolute atomic E-state index is 12.1. The molecule has 0 heterocycles. The van der Waals surface area contributed by atoms with Gasteiger partial charge < -0.3 is 16.2 Å². The summed E-state index contributed by atoms with van der Waals surface area (Å²) < 4.78 is 0. The lowest BCUT2D eigenvalue weighted by Crippen LogP contribution is -2.32. The minimum absolute atomic E-state index is 0.123. The zero-order valence-electron chi connectivity index (χ0n) is 12.3. The third-order valence-electron chi connectivity index (χ3n) is 4.29. The van der Waals surface area contributed by atoms with Crippen LogP contribution in [-0.4, -0.2) is 23.5 Å². The van der Waals surface area contributed by atoms with Crippen LogP contribution < -0.4 is 11.1 Å². The Morgan fingerprint density at radius 1 is 1.29 bits per heavy atom. The van der Waals surface area contributed by atoms with Crippen molar-refractivity contribution in [1.82, 2.24) is 5.32 Å². The Morgan fingerprint density at radius 3 is 2.52 bits per heavy atom. The summed E-state index contributed by atoms with van der Waals surface area (Å²) in [5, 5.41) is 11.9. The normalized spacial score (nSPS) is 21.8. The molecular weight excluding hydrogens is 268 g/mol. The van der Waals surface area contributed by atoms with Gasteiger partial charge in [-0.1, -0.05) is 6.07 Å². The number of aryl methyl sites for hydroxylation is 1. The molecule has 0 spiro atoms. The lowest BCUT2D eigenvalue weighted by atomic mass is 9.82. The van der Waals surface area contributed by atoms with Gasteiger partial charge >= 0.3 is 5.97 Å². The molecule has 0 aliphatic heterocycles. The van der Waals surface area contributed by atoms with Gasteiger partial charge in [-0.15, -0.1) is 0 Å². The first-order chi connectivity index (χ1) is 9.97. The first-order valence-electron chi connectivity index (χ1n) is 7.34. The maximum atomic E-state index is 12.1. The predicted octanol–water partition coefficient (Wildman–Crippen LogP) is 2.20. The number of carboxylic acids is 1. The average molecular weight is 290 g/mol. The van der Waals surface area contributed by atoms with Gasteiger partial charge in [0.15, 0.2) is 0 Å². The second-order valence-electron chi connectivity index (χ2n) is 5.84. The number of anilines is 1. The van der Waals surface area contributed by atoms with E-state index in [0.29, 0.717) is 36.6 Å². The summed E-state index contributed by atoms with van der Waals surface area (Å²) in [6, 6.07) is 5.29. The topological polar surface area (TPSA) is 92.4 Å². The van der Waals surface area contributed by atoms with E-state index in [9.17, 15) is 9.59 Å². The van der Waals surface area contributed by atoms with E-state index in [4.69, 9.17) is 10.8 Å². The number of nitrogens with two attached hydrogens (primary N) is 1. The number of carbonyl (C=O) groups excluding carboxylic acids is 1. The molecule has 4 N–H and O–H groups in total. The zero-order chi connectivity index (χ0) is 15.4. The smallest absolute Gasteiger partial charge is 0.306 e. The highest BCUT2D eigenvalue weighted by atomic mass is 16.4. The molecule has 0 bridgehead atoms. The van der Waals surface area contributed by atoms with Crippen molar-refractivity contribution in [2.75, 3.05) is 12.3 Å². The molecule has 0 unspecified atom stereocenters. The number of rotatable bonds is 4. The highest BCUT2D eigenvalue weighted by Crippen LogP contribution is 2.28. The zero-order valence-corrected chi connectivity index (χ0v) is 12.3. The van der Waals surface area contributed by atoms with Crippen molar-refractivity contribution in [2.24, 2.45) is 11.8 Å². The van der Waals surface area contributed by atoms with E-state index < -0.39 is 5.97 Å². The van der Waals surface area contributed by atoms with E-state index >= 15 is 0 Å². The maximum Gasteiger partial charge on any atom is 0.306 e. The fraction of sp³-hybridized carbons (Fsp3) is 0.500. The Bertz CT molecular complexity index is 534. The van der Waals surface area contributed by atoms with E-state index in [-0.39, 0.29) is 11.8 Å². The summed E-state index contributed by atoms with van der Waals surface area (Å²) in [5.41, 5.74) is 7.94. The Balaban J connectivity index is 1.82. The van der Waals surface area contributed by atoms with E-state index in [2.05, 4.69) is 5.32 Å². The molecule has 1 aliphatic rings. The monoisotopic (exact) mass is 290 g/mol. The van der Waals surface area contributed by atoms with Crippen LogP contribution >= 0.6 is 0 Å². The molecule has 1 saturated carbocycles. The Morgan fingerprint density at radius 2 is 1.95 bits per heavy atom.